The Kier molecular flexibility index (Phi) is 3.48. The zero-order valence-electron chi connectivity index (χ0n) is 12.1. The maximum Gasteiger partial charge on any atom is 0.128 e. The fourth-order valence-corrected chi connectivity index (χ4v) is 3.00. The lowest BCUT2D eigenvalue weighted by Gasteiger charge is -2.35. The molecule has 1 aromatic rings. The van der Waals surface area contributed by atoms with Crippen molar-refractivity contribution in [1.29, 1.82) is 0 Å². The minimum atomic E-state index is 0.581. The van der Waals surface area contributed by atoms with E-state index in [9.17, 15) is 0 Å². The van der Waals surface area contributed by atoms with Crippen molar-refractivity contribution in [2.45, 2.75) is 51.6 Å². The van der Waals surface area contributed by atoms with Gasteiger partial charge in [0.1, 0.15) is 5.82 Å². The first-order valence-corrected chi connectivity index (χ1v) is 7.59. The van der Waals surface area contributed by atoms with Gasteiger partial charge in [-0.2, -0.15) is 0 Å². The number of rotatable bonds is 4. The molecule has 104 valence electrons. The van der Waals surface area contributed by atoms with Crippen LogP contribution in [0.15, 0.2) is 24.4 Å². The molecule has 0 bridgehead atoms. The first kappa shape index (κ1) is 12.9. The van der Waals surface area contributed by atoms with Crippen molar-refractivity contribution >= 4 is 5.82 Å². The summed E-state index contributed by atoms with van der Waals surface area (Å²) in [4.78, 5) is 6.85. The maximum atomic E-state index is 4.44. The summed E-state index contributed by atoms with van der Waals surface area (Å²) < 4.78 is 0. The summed E-state index contributed by atoms with van der Waals surface area (Å²) in [6, 6.07) is 7.52. The van der Waals surface area contributed by atoms with Gasteiger partial charge in [0.2, 0.25) is 0 Å². The van der Waals surface area contributed by atoms with Crippen LogP contribution in [0.5, 0.6) is 0 Å². The number of aromatic nitrogens is 1. The Labute approximate surface area is 116 Å². The minimum Gasteiger partial charge on any atom is -0.357 e. The van der Waals surface area contributed by atoms with Crippen LogP contribution < -0.4 is 10.2 Å². The van der Waals surface area contributed by atoms with Crippen molar-refractivity contribution in [1.82, 2.24) is 10.3 Å². The summed E-state index contributed by atoms with van der Waals surface area (Å²) in [6.45, 7) is 7.02. The van der Waals surface area contributed by atoms with Gasteiger partial charge in [0.05, 0.1) is 0 Å². The Balaban J connectivity index is 1.50. The van der Waals surface area contributed by atoms with Gasteiger partial charge >= 0.3 is 0 Å². The molecule has 0 radical (unpaired) electrons. The minimum absolute atomic E-state index is 0.581. The molecular weight excluding hydrogens is 234 g/mol. The smallest absolute Gasteiger partial charge is 0.128 e. The van der Waals surface area contributed by atoms with Crippen molar-refractivity contribution in [2.75, 3.05) is 18.0 Å². The van der Waals surface area contributed by atoms with E-state index in [4.69, 9.17) is 0 Å². The fraction of sp³-hybridized carbons (Fsp3) is 0.688. The van der Waals surface area contributed by atoms with Crippen LogP contribution >= 0.6 is 0 Å². The predicted molar refractivity (Wildman–Crippen MR) is 79.4 cm³/mol. The highest BCUT2D eigenvalue weighted by molar-refractivity contribution is 5.38. The van der Waals surface area contributed by atoms with Gasteiger partial charge in [-0.3, -0.25) is 0 Å². The topological polar surface area (TPSA) is 28.2 Å². The number of nitrogens with zero attached hydrogens (tertiary/aromatic N) is 2. The van der Waals surface area contributed by atoms with Gasteiger partial charge in [-0.25, -0.2) is 4.98 Å². The van der Waals surface area contributed by atoms with Gasteiger partial charge in [-0.15, -0.1) is 0 Å². The molecule has 2 fully saturated rings. The van der Waals surface area contributed by atoms with E-state index in [1.807, 2.05) is 12.3 Å². The Bertz CT molecular complexity index is 405. The SMILES string of the molecule is CC(NC1CCN(c2ccccn2)CC1)C1(C)CC1. The lowest BCUT2D eigenvalue weighted by molar-refractivity contribution is 0.307. The fourth-order valence-electron chi connectivity index (χ4n) is 3.00. The summed E-state index contributed by atoms with van der Waals surface area (Å²) in [5.74, 6) is 1.13. The highest BCUT2D eigenvalue weighted by Gasteiger charge is 2.43. The third-order valence-electron chi connectivity index (χ3n) is 5.04. The Morgan fingerprint density at radius 1 is 1.32 bits per heavy atom. The second-order valence-electron chi connectivity index (χ2n) is 6.49. The van der Waals surface area contributed by atoms with E-state index < -0.39 is 0 Å². The van der Waals surface area contributed by atoms with Gasteiger partial charge in [0, 0.05) is 31.4 Å². The molecule has 1 aliphatic heterocycles. The molecule has 0 aromatic carbocycles. The molecule has 1 saturated carbocycles. The van der Waals surface area contributed by atoms with Crippen LogP contribution in [-0.2, 0) is 0 Å². The van der Waals surface area contributed by atoms with Crippen LogP contribution in [0.25, 0.3) is 0 Å². The Morgan fingerprint density at radius 2 is 2.05 bits per heavy atom. The van der Waals surface area contributed by atoms with Crippen molar-refractivity contribution in [2.24, 2.45) is 5.41 Å². The molecule has 1 aromatic heterocycles. The van der Waals surface area contributed by atoms with E-state index in [-0.39, 0.29) is 0 Å². The average molecular weight is 259 g/mol. The molecule has 2 heterocycles. The highest BCUT2D eigenvalue weighted by atomic mass is 15.2. The van der Waals surface area contributed by atoms with E-state index in [0.717, 1.165) is 18.9 Å². The lowest BCUT2D eigenvalue weighted by atomic mass is 9.97. The van der Waals surface area contributed by atoms with Gasteiger partial charge < -0.3 is 10.2 Å². The molecule has 1 N–H and O–H groups in total. The van der Waals surface area contributed by atoms with Crippen LogP contribution in [0.4, 0.5) is 5.82 Å². The van der Waals surface area contributed by atoms with E-state index in [1.165, 1.54) is 25.7 Å². The lowest BCUT2D eigenvalue weighted by Crippen LogP contribution is -2.47. The molecular formula is C16H25N3. The third kappa shape index (κ3) is 2.92. The van der Waals surface area contributed by atoms with Crippen LogP contribution in [0.2, 0.25) is 0 Å². The quantitative estimate of drug-likeness (QED) is 0.901. The summed E-state index contributed by atoms with van der Waals surface area (Å²) >= 11 is 0. The van der Waals surface area contributed by atoms with Crippen molar-refractivity contribution in [3.63, 3.8) is 0 Å². The molecule has 1 aliphatic carbocycles. The second-order valence-corrected chi connectivity index (χ2v) is 6.49. The van der Waals surface area contributed by atoms with E-state index in [1.54, 1.807) is 0 Å². The second kappa shape index (κ2) is 5.12. The maximum absolute atomic E-state index is 4.44. The van der Waals surface area contributed by atoms with Crippen molar-refractivity contribution in [3.8, 4) is 0 Å². The van der Waals surface area contributed by atoms with Gasteiger partial charge in [-0.05, 0) is 50.2 Å². The monoisotopic (exact) mass is 259 g/mol. The summed E-state index contributed by atoms with van der Waals surface area (Å²) in [7, 11) is 0. The standard InChI is InChI=1S/C16H25N3/c1-13(16(2)8-9-16)18-14-6-11-19(12-7-14)15-5-3-4-10-17-15/h3-5,10,13-14,18H,6-9,11-12H2,1-2H3. The number of hydrogen-bond acceptors (Lipinski definition) is 3. The largest absolute Gasteiger partial charge is 0.357 e. The molecule has 1 atom stereocenters. The molecule has 0 amide bonds. The molecule has 3 rings (SSSR count). The molecule has 1 unspecified atom stereocenters. The Morgan fingerprint density at radius 3 is 2.63 bits per heavy atom. The predicted octanol–water partition coefficient (Wildman–Crippen LogP) is 2.83. The first-order chi connectivity index (χ1) is 9.17. The molecule has 1 saturated heterocycles. The first-order valence-electron chi connectivity index (χ1n) is 7.59. The zero-order chi connectivity index (χ0) is 13.3. The molecule has 0 spiro atoms. The number of piperidine rings is 1. The third-order valence-corrected chi connectivity index (χ3v) is 5.04. The van der Waals surface area contributed by atoms with Crippen molar-refractivity contribution < 1.29 is 0 Å². The molecule has 3 heteroatoms. The normalized spacial score (nSPS) is 24.2. The highest BCUT2D eigenvalue weighted by Crippen LogP contribution is 2.48. The summed E-state index contributed by atoms with van der Waals surface area (Å²) in [6.07, 6.45) is 7.14. The van der Waals surface area contributed by atoms with Crippen LogP contribution in [-0.4, -0.2) is 30.2 Å². The summed E-state index contributed by atoms with van der Waals surface area (Å²) in [5.41, 5.74) is 0.581. The number of nitrogens with one attached hydrogen (secondary N) is 1. The van der Waals surface area contributed by atoms with Gasteiger partial charge in [0.15, 0.2) is 0 Å². The van der Waals surface area contributed by atoms with Crippen LogP contribution in [0.3, 0.4) is 0 Å². The number of anilines is 1. The number of pyridine rings is 1. The summed E-state index contributed by atoms with van der Waals surface area (Å²) in [5, 5.41) is 3.85. The van der Waals surface area contributed by atoms with Crippen molar-refractivity contribution in [3.05, 3.63) is 24.4 Å². The van der Waals surface area contributed by atoms with Gasteiger partial charge in [0.25, 0.3) is 0 Å². The van der Waals surface area contributed by atoms with Gasteiger partial charge in [-0.1, -0.05) is 13.0 Å². The molecule has 2 aliphatic rings. The zero-order valence-corrected chi connectivity index (χ0v) is 12.1. The van der Waals surface area contributed by atoms with E-state index in [2.05, 4.69) is 41.2 Å². The Hall–Kier alpha value is -1.09. The van der Waals surface area contributed by atoms with Crippen LogP contribution in [0, 0.1) is 5.41 Å². The van der Waals surface area contributed by atoms with Crippen LogP contribution in [0.1, 0.15) is 39.5 Å². The molecule has 3 nitrogen and oxygen atoms in total. The van der Waals surface area contributed by atoms with E-state index >= 15 is 0 Å². The molecule has 19 heavy (non-hydrogen) atoms. The average Bonchev–Trinajstić information content (AvgIpc) is 3.20. The number of hydrogen-bond donors (Lipinski definition) is 1. The van der Waals surface area contributed by atoms with E-state index in [0.29, 0.717) is 17.5 Å².